The Bertz CT molecular complexity index is 1120. The van der Waals surface area contributed by atoms with Crippen molar-refractivity contribution in [2.24, 2.45) is 7.05 Å². The molecule has 0 bridgehead atoms. The van der Waals surface area contributed by atoms with Crippen molar-refractivity contribution in [3.05, 3.63) is 52.1 Å². The van der Waals surface area contributed by atoms with Gasteiger partial charge in [0.15, 0.2) is 0 Å². The van der Waals surface area contributed by atoms with E-state index in [1.165, 1.54) is 16.7 Å². The Labute approximate surface area is 179 Å². The third-order valence-corrected chi connectivity index (χ3v) is 5.56. The number of ketones is 1. The summed E-state index contributed by atoms with van der Waals surface area (Å²) in [7, 11) is 1.60. The number of aromatic nitrogens is 1. The zero-order chi connectivity index (χ0) is 22.9. The molecule has 2 N–H and O–H groups in total. The number of ether oxygens (including phenoxy) is 1. The molecule has 2 aromatic rings. The van der Waals surface area contributed by atoms with E-state index in [1.807, 2.05) is 6.92 Å². The molecular weight excluding hydrogens is 403 g/mol. The summed E-state index contributed by atoms with van der Waals surface area (Å²) in [5.41, 5.74) is 0.623. The number of halogens is 1. The molecule has 0 saturated carbocycles. The molecule has 3 rings (SSSR count). The quantitative estimate of drug-likeness (QED) is 0.563. The highest BCUT2D eigenvalue weighted by atomic mass is 19.1. The first-order valence-corrected chi connectivity index (χ1v) is 9.69. The molecule has 1 saturated heterocycles. The lowest BCUT2D eigenvalue weighted by molar-refractivity contribution is -0.118. The molecular formula is C22H23FN4O4. The van der Waals surface area contributed by atoms with Gasteiger partial charge in [-0.15, -0.1) is 0 Å². The Kier molecular flexibility index (Phi) is 5.95. The summed E-state index contributed by atoms with van der Waals surface area (Å²) in [5, 5.41) is 14.3. The number of carbonyl (C=O) groups is 3. The summed E-state index contributed by atoms with van der Waals surface area (Å²) in [4.78, 5) is 38.4. The van der Waals surface area contributed by atoms with Crippen LogP contribution in [0.4, 0.5) is 10.1 Å². The molecule has 162 valence electrons. The molecule has 0 aliphatic carbocycles. The first-order valence-electron chi connectivity index (χ1n) is 9.69. The lowest BCUT2D eigenvalue weighted by Gasteiger charge is -2.23. The van der Waals surface area contributed by atoms with Gasteiger partial charge >= 0.3 is 0 Å². The highest BCUT2D eigenvalue weighted by molar-refractivity contribution is 6.43. The SMILES string of the molecule is Cc1c(C(=O)Nc2ccc(F)c(C#N)c2)c(C)n(C)c1C(=O)C(=O)NC1(C)CCOC1. The smallest absolute Gasteiger partial charge is 0.294 e. The van der Waals surface area contributed by atoms with Crippen molar-refractivity contribution in [3.63, 3.8) is 0 Å². The van der Waals surface area contributed by atoms with Gasteiger partial charge in [-0.2, -0.15) is 5.26 Å². The first kappa shape index (κ1) is 22.2. The molecule has 8 nitrogen and oxygen atoms in total. The van der Waals surface area contributed by atoms with Crippen molar-refractivity contribution in [3.8, 4) is 6.07 Å². The highest BCUT2D eigenvalue weighted by Gasteiger charge is 2.35. The number of carbonyl (C=O) groups excluding carboxylic acids is 3. The van der Waals surface area contributed by atoms with Crippen LogP contribution in [0.5, 0.6) is 0 Å². The van der Waals surface area contributed by atoms with Crippen LogP contribution in [0, 0.1) is 31.0 Å². The van der Waals surface area contributed by atoms with Gasteiger partial charge in [-0.3, -0.25) is 14.4 Å². The highest BCUT2D eigenvalue weighted by Crippen LogP contribution is 2.24. The van der Waals surface area contributed by atoms with E-state index in [1.54, 1.807) is 27.0 Å². The maximum absolute atomic E-state index is 13.5. The topological polar surface area (TPSA) is 113 Å². The molecule has 0 spiro atoms. The van der Waals surface area contributed by atoms with Gasteiger partial charge in [0.25, 0.3) is 17.6 Å². The minimum atomic E-state index is -0.763. The number of anilines is 1. The van der Waals surface area contributed by atoms with Crippen LogP contribution in [-0.2, 0) is 16.6 Å². The van der Waals surface area contributed by atoms with Crippen molar-refractivity contribution >= 4 is 23.3 Å². The molecule has 2 amide bonds. The van der Waals surface area contributed by atoms with E-state index >= 15 is 0 Å². The van der Waals surface area contributed by atoms with E-state index in [9.17, 15) is 18.8 Å². The number of benzene rings is 1. The van der Waals surface area contributed by atoms with Crippen LogP contribution in [0.3, 0.4) is 0 Å². The fraction of sp³-hybridized carbons (Fsp3) is 0.364. The predicted molar refractivity (Wildman–Crippen MR) is 110 cm³/mol. The molecule has 31 heavy (non-hydrogen) atoms. The molecule has 0 radical (unpaired) electrons. The molecule has 1 unspecified atom stereocenters. The maximum atomic E-state index is 13.5. The van der Waals surface area contributed by atoms with Crippen LogP contribution >= 0.6 is 0 Å². The summed E-state index contributed by atoms with van der Waals surface area (Å²) < 4.78 is 20.3. The summed E-state index contributed by atoms with van der Waals surface area (Å²) in [6.45, 7) is 5.90. The number of hydrogen-bond acceptors (Lipinski definition) is 5. The Morgan fingerprint density at radius 2 is 2.00 bits per heavy atom. The Hall–Kier alpha value is -3.51. The van der Waals surface area contributed by atoms with Gasteiger partial charge in [0.05, 0.1) is 29.0 Å². The summed E-state index contributed by atoms with van der Waals surface area (Å²) in [6, 6.07) is 5.37. The number of nitrogens with one attached hydrogen (secondary N) is 2. The fourth-order valence-electron chi connectivity index (χ4n) is 3.72. The summed E-state index contributed by atoms with van der Waals surface area (Å²) >= 11 is 0. The predicted octanol–water partition coefficient (Wildman–Crippen LogP) is 2.38. The average Bonchev–Trinajstić information content (AvgIpc) is 3.23. The molecule has 1 fully saturated rings. The van der Waals surface area contributed by atoms with Crippen LogP contribution in [0.15, 0.2) is 18.2 Å². The van der Waals surface area contributed by atoms with Crippen LogP contribution in [-0.4, -0.2) is 40.9 Å². The molecule has 1 aliphatic rings. The average molecular weight is 426 g/mol. The van der Waals surface area contributed by atoms with Crippen LogP contribution < -0.4 is 10.6 Å². The molecule has 2 heterocycles. The molecule has 1 aromatic carbocycles. The van der Waals surface area contributed by atoms with Gasteiger partial charge in [-0.1, -0.05) is 0 Å². The van der Waals surface area contributed by atoms with E-state index in [2.05, 4.69) is 10.6 Å². The van der Waals surface area contributed by atoms with Gasteiger partial charge in [-0.25, -0.2) is 4.39 Å². The van der Waals surface area contributed by atoms with Crippen molar-refractivity contribution in [2.75, 3.05) is 18.5 Å². The number of rotatable bonds is 5. The lowest BCUT2D eigenvalue weighted by atomic mass is 10.0. The zero-order valence-electron chi connectivity index (χ0n) is 17.8. The minimum absolute atomic E-state index is 0.111. The zero-order valence-corrected chi connectivity index (χ0v) is 17.8. The van der Waals surface area contributed by atoms with Gasteiger partial charge in [0.1, 0.15) is 11.9 Å². The summed E-state index contributed by atoms with van der Waals surface area (Å²) in [5.74, 6) is -2.73. The van der Waals surface area contributed by atoms with Crippen molar-refractivity contribution in [1.29, 1.82) is 5.26 Å². The number of nitriles is 1. The summed E-state index contributed by atoms with van der Waals surface area (Å²) in [6.07, 6.45) is 0.604. The minimum Gasteiger partial charge on any atom is -0.379 e. The van der Waals surface area contributed by atoms with Crippen LogP contribution in [0.2, 0.25) is 0 Å². The van der Waals surface area contributed by atoms with Crippen LogP contribution in [0.1, 0.15) is 51.0 Å². The Morgan fingerprint density at radius 3 is 2.61 bits per heavy atom. The van der Waals surface area contributed by atoms with Gasteiger partial charge in [0.2, 0.25) is 0 Å². The first-order chi connectivity index (χ1) is 14.6. The van der Waals surface area contributed by atoms with Gasteiger partial charge in [0, 0.05) is 25.0 Å². The maximum Gasteiger partial charge on any atom is 0.294 e. The molecule has 1 aromatic heterocycles. The largest absolute Gasteiger partial charge is 0.379 e. The number of hydrogen-bond donors (Lipinski definition) is 2. The third kappa shape index (κ3) is 4.20. The number of Topliss-reactive ketones (excluding diaryl/α,β-unsaturated/α-hetero) is 1. The number of amides is 2. The van der Waals surface area contributed by atoms with Crippen molar-refractivity contribution in [2.45, 2.75) is 32.7 Å². The normalized spacial score (nSPS) is 17.8. The fourth-order valence-corrected chi connectivity index (χ4v) is 3.72. The standard InChI is InChI=1S/C22H23FN4O4/c1-12-17(20(29)25-15-5-6-16(23)14(9-15)10-24)13(2)27(4)18(12)19(28)21(30)26-22(3)7-8-31-11-22/h5-6,9H,7-8,11H2,1-4H3,(H,25,29)(H,26,30). The van der Waals surface area contributed by atoms with E-state index in [4.69, 9.17) is 10.00 Å². The van der Waals surface area contributed by atoms with Crippen molar-refractivity contribution in [1.82, 2.24) is 9.88 Å². The monoisotopic (exact) mass is 426 g/mol. The van der Waals surface area contributed by atoms with Gasteiger partial charge in [-0.05, 0) is 51.0 Å². The van der Waals surface area contributed by atoms with Gasteiger partial charge < -0.3 is 19.9 Å². The van der Waals surface area contributed by atoms with Crippen molar-refractivity contribution < 1.29 is 23.5 Å². The second kappa shape index (κ2) is 8.32. The molecule has 1 aliphatic heterocycles. The van der Waals surface area contributed by atoms with E-state index < -0.39 is 29.0 Å². The lowest BCUT2D eigenvalue weighted by Crippen LogP contribution is -2.49. The van der Waals surface area contributed by atoms with Crippen LogP contribution in [0.25, 0.3) is 0 Å². The second-order valence-corrected chi connectivity index (χ2v) is 7.90. The third-order valence-electron chi connectivity index (χ3n) is 5.56. The molecule has 1 atom stereocenters. The molecule has 9 heteroatoms. The van der Waals surface area contributed by atoms with E-state index in [-0.39, 0.29) is 22.5 Å². The second-order valence-electron chi connectivity index (χ2n) is 7.90. The number of nitrogens with zero attached hydrogens (tertiary/aromatic N) is 2. The van der Waals surface area contributed by atoms with E-state index in [0.29, 0.717) is 30.9 Å². The van der Waals surface area contributed by atoms with E-state index in [0.717, 1.165) is 6.07 Å². The Balaban J connectivity index is 1.87. The Morgan fingerprint density at radius 1 is 1.29 bits per heavy atom.